The normalized spacial score (nSPS) is 22.6. The molecular formula is C24H33ClN6O3S. The molecule has 3 aliphatic heterocycles. The summed E-state index contributed by atoms with van der Waals surface area (Å²) in [7, 11) is 0. The number of nitrogens with zero attached hydrogens (tertiary/aromatic N) is 5. The summed E-state index contributed by atoms with van der Waals surface area (Å²) in [6, 6.07) is 1.94. The fourth-order valence-electron chi connectivity index (χ4n) is 5.12. The molecule has 4 N–H and O–H groups in total. The number of nitrogens with two attached hydrogens (primary N) is 1. The van der Waals surface area contributed by atoms with E-state index >= 15 is 0 Å². The fourth-order valence-corrected chi connectivity index (χ4v) is 6.26. The highest BCUT2D eigenvalue weighted by Crippen LogP contribution is 2.41. The molecule has 1 spiro atoms. The van der Waals surface area contributed by atoms with Gasteiger partial charge >= 0.3 is 0 Å². The maximum absolute atomic E-state index is 10.2. The molecule has 2 aromatic rings. The number of anilines is 2. The van der Waals surface area contributed by atoms with Crippen molar-refractivity contribution in [1.29, 1.82) is 0 Å². The molecule has 0 saturated carbocycles. The first-order chi connectivity index (χ1) is 16.7. The van der Waals surface area contributed by atoms with Gasteiger partial charge in [0.2, 0.25) is 0 Å². The van der Waals surface area contributed by atoms with Crippen LogP contribution in [0.25, 0.3) is 0 Å². The van der Waals surface area contributed by atoms with Crippen LogP contribution in [0, 0.1) is 5.92 Å². The zero-order valence-corrected chi connectivity index (χ0v) is 21.7. The number of pyridine rings is 1. The van der Waals surface area contributed by atoms with Crippen LogP contribution in [-0.4, -0.2) is 75.2 Å². The van der Waals surface area contributed by atoms with E-state index in [9.17, 15) is 10.2 Å². The van der Waals surface area contributed by atoms with Crippen LogP contribution in [-0.2, 0) is 11.3 Å². The van der Waals surface area contributed by atoms with Gasteiger partial charge in [0.15, 0.2) is 5.82 Å². The second-order valence-corrected chi connectivity index (χ2v) is 11.7. The van der Waals surface area contributed by atoms with Gasteiger partial charge in [-0.05, 0) is 39.2 Å². The van der Waals surface area contributed by atoms with Crippen molar-refractivity contribution in [1.82, 2.24) is 15.0 Å². The topological polar surface area (TPSA) is 121 Å². The van der Waals surface area contributed by atoms with Crippen molar-refractivity contribution in [3.63, 3.8) is 0 Å². The van der Waals surface area contributed by atoms with Gasteiger partial charge in [-0.1, -0.05) is 23.4 Å². The smallest absolute Gasteiger partial charge is 0.152 e. The number of aliphatic hydroxyl groups is 2. The van der Waals surface area contributed by atoms with E-state index < -0.39 is 5.60 Å². The van der Waals surface area contributed by atoms with Gasteiger partial charge in [0, 0.05) is 55.8 Å². The third-order valence-electron chi connectivity index (χ3n) is 7.58. The number of rotatable bonds is 6. The maximum Gasteiger partial charge on any atom is 0.152 e. The Balaban J connectivity index is 1.28. The number of piperidine rings is 1. The van der Waals surface area contributed by atoms with Crippen LogP contribution < -0.4 is 15.5 Å². The van der Waals surface area contributed by atoms with Crippen molar-refractivity contribution < 1.29 is 14.9 Å². The number of aliphatic hydroxyl groups excluding tert-OH is 1. The molecule has 35 heavy (non-hydrogen) atoms. The summed E-state index contributed by atoms with van der Waals surface area (Å²) in [5.74, 6) is 1.60. The molecule has 0 aliphatic carbocycles. The molecule has 190 valence electrons. The second-order valence-electron chi connectivity index (χ2n) is 10.2. The van der Waals surface area contributed by atoms with Gasteiger partial charge in [0.25, 0.3) is 0 Å². The molecule has 0 radical (unpaired) electrons. The van der Waals surface area contributed by atoms with Crippen LogP contribution in [0.2, 0.25) is 5.02 Å². The van der Waals surface area contributed by atoms with E-state index in [4.69, 9.17) is 22.1 Å². The van der Waals surface area contributed by atoms with Crippen molar-refractivity contribution >= 4 is 35.0 Å². The van der Waals surface area contributed by atoms with Gasteiger partial charge in [-0.3, -0.25) is 0 Å². The molecule has 1 atom stereocenters. The van der Waals surface area contributed by atoms with Gasteiger partial charge in [-0.25, -0.2) is 15.0 Å². The highest BCUT2D eigenvalue weighted by molar-refractivity contribution is 7.99. The highest BCUT2D eigenvalue weighted by Gasteiger charge is 2.45. The Labute approximate surface area is 215 Å². The molecule has 0 unspecified atom stereocenters. The average Bonchev–Trinajstić information content (AvgIpc) is 3.14. The number of ether oxygens (including phenoxy) is 1. The Kier molecular flexibility index (Phi) is 6.88. The minimum absolute atomic E-state index is 0.0825. The van der Waals surface area contributed by atoms with E-state index in [0.717, 1.165) is 43.9 Å². The summed E-state index contributed by atoms with van der Waals surface area (Å²) in [6.07, 6.45) is 6.06. The van der Waals surface area contributed by atoms with Gasteiger partial charge in [0.1, 0.15) is 16.5 Å². The SMILES string of the molecule is CC(C)(O)C1CN(c2nccc(Sc3cnc(N4CCC5(CC4)OCC[C@@H]5N)c(CO)n3)c2Cl)C1. The largest absolute Gasteiger partial charge is 0.390 e. The van der Waals surface area contributed by atoms with Crippen LogP contribution in [0.3, 0.4) is 0 Å². The third-order valence-corrected chi connectivity index (χ3v) is 9.03. The van der Waals surface area contributed by atoms with Crippen LogP contribution in [0.1, 0.15) is 38.8 Å². The summed E-state index contributed by atoms with van der Waals surface area (Å²) in [6.45, 7) is 7.14. The Morgan fingerprint density at radius 3 is 2.60 bits per heavy atom. The minimum Gasteiger partial charge on any atom is -0.390 e. The van der Waals surface area contributed by atoms with E-state index in [2.05, 4.69) is 24.8 Å². The Morgan fingerprint density at radius 2 is 1.97 bits per heavy atom. The predicted octanol–water partition coefficient (Wildman–Crippen LogP) is 2.46. The molecule has 5 rings (SSSR count). The first kappa shape index (κ1) is 25.0. The van der Waals surface area contributed by atoms with Crippen LogP contribution in [0.15, 0.2) is 28.4 Å². The number of hydrogen-bond donors (Lipinski definition) is 3. The predicted molar refractivity (Wildman–Crippen MR) is 136 cm³/mol. The van der Waals surface area contributed by atoms with E-state index in [1.54, 1.807) is 12.4 Å². The quantitative estimate of drug-likeness (QED) is 0.523. The molecule has 11 heteroatoms. The van der Waals surface area contributed by atoms with Gasteiger partial charge in [-0.15, -0.1) is 0 Å². The first-order valence-electron chi connectivity index (χ1n) is 12.1. The zero-order chi connectivity index (χ0) is 24.8. The lowest BCUT2D eigenvalue weighted by Crippen LogP contribution is -2.56. The number of halogens is 1. The summed E-state index contributed by atoms with van der Waals surface area (Å²) in [5, 5.41) is 21.5. The second kappa shape index (κ2) is 9.64. The lowest BCUT2D eigenvalue weighted by atomic mass is 9.84. The summed E-state index contributed by atoms with van der Waals surface area (Å²) in [4.78, 5) is 18.9. The van der Waals surface area contributed by atoms with Crippen molar-refractivity contribution in [3.05, 3.63) is 29.2 Å². The van der Waals surface area contributed by atoms with Gasteiger partial charge in [0.05, 0.1) is 29.0 Å². The number of aromatic nitrogens is 3. The third kappa shape index (κ3) is 4.84. The summed E-state index contributed by atoms with van der Waals surface area (Å²) >= 11 is 8.11. The van der Waals surface area contributed by atoms with Gasteiger partial charge < -0.3 is 30.5 Å². The van der Waals surface area contributed by atoms with Crippen molar-refractivity contribution in [3.8, 4) is 0 Å². The highest BCUT2D eigenvalue weighted by atomic mass is 35.5. The van der Waals surface area contributed by atoms with Crippen LogP contribution >= 0.6 is 23.4 Å². The fraction of sp³-hybridized carbons (Fsp3) is 0.625. The number of hydrogen-bond acceptors (Lipinski definition) is 10. The maximum atomic E-state index is 10.2. The average molecular weight is 521 g/mol. The monoisotopic (exact) mass is 520 g/mol. The van der Waals surface area contributed by atoms with Crippen molar-refractivity contribution in [2.75, 3.05) is 42.6 Å². The van der Waals surface area contributed by atoms with E-state index in [-0.39, 0.29) is 24.2 Å². The first-order valence-corrected chi connectivity index (χ1v) is 13.3. The Morgan fingerprint density at radius 1 is 1.23 bits per heavy atom. The summed E-state index contributed by atoms with van der Waals surface area (Å²) in [5.41, 5.74) is 5.91. The molecule has 3 fully saturated rings. The molecule has 0 amide bonds. The molecule has 0 aromatic carbocycles. The van der Waals surface area contributed by atoms with E-state index in [1.165, 1.54) is 11.8 Å². The van der Waals surface area contributed by atoms with E-state index in [0.29, 0.717) is 40.5 Å². The molecule has 3 aliphatic rings. The van der Waals surface area contributed by atoms with Gasteiger partial charge in [-0.2, -0.15) is 0 Å². The van der Waals surface area contributed by atoms with Crippen molar-refractivity contribution in [2.45, 2.75) is 66.9 Å². The minimum atomic E-state index is -0.724. The molecule has 5 heterocycles. The molecule has 9 nitrogen and oxygen atoms in total. The molecule has 2 aromatic heterocycles. The standard InChI is InChI=1S/C24H33ClN6O3S/c1-23(2,33)15-12-31(13-15)22-20(25)17(3-7-27-22)35-19-11-28-21(16(14-32)29-19)30-8-5-24(6-9-30)18(26)4-10-34-24/h3,7,11,15,18,32-33H,4-6,8-10,12-14,26H2,1-2H3/t18-/m0/s1. The Hall–Kier alpha value is -1.69. The van der Waals surface area contributed by atoms with Crippen molar-refractivity contribution in [2.24, 2.45) is 11.7 Å². The molecule has 0 bridgehead atoms. The lowest BCUT2D eigenvalue weighted by Gasteiger charge is -2.46. The van der Waals surface area contributed by atoms with E-state index in [1.807, 2.05) is 19.9 Å². The molecule has 3 saturated heterocycles. The van der Waals surface area contributed by atoms with Crippen LogP contribution in [0.5, 0.6) is 0 Å². The Bertz CT molecular complexity index is 1070. The molecular weight excluding hydrogens is 488 g/mol. The zero-order valence-electron chi connectivity index (χ0n) is 20.2. The van der Waals surface area contributed by atoms with Crippen LogP contribution in [0.4, 0.5) is 11.6 Å². The summed E-state index contributed by atoms with van der Waals surface area (Å²) < 4.78 is 6.02. The lowest BCUT2D eigenvalue weighted by molar-refractivity contribution is -0.0231.